The number of methoxy groups -OCH3 is 1. The van der Waals surface area contributed by atoms with Crippen LogP contribution < -0.4 is 33.8 Å². The zero-order valence-electron chi connectivity index (χ0n) is 28.1. The van der Waals surface area contributed by atoms with Gasteiger partial charge in [0, 0.05) is 0 Å². The molecule has 5 rings (SSSR count). The quantitative estimate of drug-likeness (QED) is 0.151. The molecule has 2 heterocycles. The van der Waals surface area contributed by atoms with Crippen LogP contribution in [-0.4, -0.2) is 37.0 Å². The predicted molar refractivity (Wildman–Crippen MR) is 190 cm³/mol. The van der Waals surface area contributed by atoms with Crippen LogP contribution in [-0.2, 0) is 16.1 Å². The molecule has 0 bridgehead atoms. The van der Waals surface area contributed by atoms with Gasteiger partial charge in [-0.25, -0.2) is 9.79 Å². The molecule has 0 aliphatic carbocycles. The molecule has 0 spiro atoms. The molecule has 0 saturated carbocycles. The van der Waals surface area contributed by atoms with E-state index in [1.807, 2.05) is 64.1 Å². The fraction of sp³-hybridized carbons (Fsp3) is 0.324. The summed E-state index contributed by atoms with van der Waals surface area (Å²) in [6.07, 6.45) is 1.72. The van der Waals surface area contributed by atoms with E-state index < -0.39 is 12.0 Å². The molecule has 252 valence electrons. The maximum Gasteiger partial charge on any atom is 0.338 e. The summed E-state index contributed by atoms with van der Waals surface area (Å²) in [5, 5.41) is 0. The van der Waals surface area contributed by atoms with E-state index in [2.05, 4.69) is 22.0 Å². The van der Waals surface area contributed by atoms with Crippen molar-refractivity contribution in [3.8, 4) is 23.0 Å². The second-order valence-corrected chi connectivity index (χ2v) is 13.3. The molecule has 1 aliphatic heterocycles. The third-order valence-electron chi connectivity index (χ3n) is 7.48. The second-order valence-electron chi connectivity index (χ2n) is 11.4. The number of aromatic nitrogens is 1. The van der Waals surface area contributed by atoms with Gasteiger partial charge in [-0.3, -0.25) is 9.36 Å². The number of nitrogens with zero attached hydrogens (tertiary/aromatic N) is 2. The number of benzene rings is 3. The summed E-state index contributed by atoms with van der Waals surface area (Å²) < 4.78 is 31.9. The number of halogens is 1. The van der Waals surface area contributed by atoms with E-state index in [9.17, 15) is 9.59 Å². The maximum absolute atomic E-state index is 14.2. The number of fused-ring (bicyclic) bond motifs is 1. The number of thiazole rings is 1. The van der Waals surface area contributed by atoms with Gasteiger partial charge in [-0.05, 0) is 105 Å². The summed E-state index contributed by atoms with van der Waals surface area (Å²) in [4.78, 5) is 32.8. The van der Waals surface area contributed by atoms with Crippen LogP contribution in [0.15, 0.2) is 80.1 Å². The van der Waals surface area contributed by atoms with Crippen LogP contribution in [0, 0.1) is 6.92 Å². The highest BCUT2D eigenvalue weighted by atomic mass is 79.9. The minimum absolute atomic E-state index is 0.0725. The number of allylic oxidation sites excluding steroid dienone is 1. The van der Waals surface area contributed by atoms with Gasteiger partial charge >= 0.3 is 5.97 Å². The molecule has 1 atom stereocenters. The van der Waals surface area contributed by atoms with Gasteiger partial charge in [0.15, 0.2) is 27.8 Å². The maximum atomic E-state index is 14.2. The first kappa shape index (κ1) is 35.0. The van der Waals surface area contributed by atoms with Gasteiger partial charge in [0.2, 0.25) is 0 Å². The van der Waals surface area contributed by atoms with Crippen molar-refractivity contribution in [2.45, 2.75) is 60.3 Å². The molecule has 0 N–H and O–H groups in total. The van der Waals surface area contributed by atoms with Gasteiger partial charge in [0.05, 0.1) is 52.7 Å². The molecule has 0 amide bonds. The van der Waals surface area contributed by atoms with E-state index in [-0.39, 0.29) is 23.8 Å². The monoisotopic (exact) mass is 734 g/mol. The van der Waals surface area contributed by atoms with Crippen LogP contribution in [0.3, 0.4) is 0 Å². The molecule has 11 heteroatoms. The van der Waals surface area contributed by atoms with Gasteiger partial charge < -0.3 is 23.7 Å². The third-order valence-corrected chi connectivity index (χ3v) is 9.05. The number of rotatable bonds is 12. The minimum Gasteiger partial charge on any atom is -0.493 e. The average molecular weight is 736 g/mol. The Hall–Kier alpha value is -4.35. The van der Waals surface area contributed by atoms with E-state index in [1.165, 1.54) is 11.3 Å². The van der Waals surface area contributed by atoms with Gasteiger partial charge in [-0.1, -0.05) is 47.2 Å². The Kier molecular flexibility index (Phi) is 11.1. The largest absolute Gasteiger partial charge is 0.493 e. The van der Waals surface area contributed by atoms with Crippen molar-refractivity contribution < 1.29 is 28.5 Å². The smallest absolute Gasteiger partial charge is 0.338 e. The van der Waals surface area contributed by atoms with E-state index in [4.69, 9.17) is 28.7 Å². The summed E-state index contributed by atoms with van der Waals surface area (Å²) in [5.41, 5.74) is 4.04. The molecule has 48 heavy (non-hydrogen) atoms. The number of aryl methyl sites for hydroxylation is 1. The summed E-state index contributed by atoms with van der Waals surface area (Å²) in [6, 6.07) is 16.5. The van der Waals surface area contributed by atoms with Crippen LogP contribution >= 0.6 is 27.3 Å². The van der Waals surface area contributed by atoms with Crippen LogP contribution in [0.4, 0.5) is 0 Å². The lowest BCUT2D eigenvalue weighted by Crippen LogP contribution is -2.40. The van der Waals surface area contributed by atoms with Crippen LogP contribution in [0.5, 0.6) is 23.0 Å². The Labute approximate surface area is 292 Å². The van der Waals surface area contributed by atoms with E-state index in [0.717, 1.165) is 16.7 Å². The second kappa shape index (κ2) is 15.3. The fourth-order valence-electron chi connectivity index (χ4n) is 5.50. The standard InChI is InChI=1S/C37H39BrN2O7S/c1-8-44-30-17-25(16-27(38)34(30)46-20-24-12-10-11-22(5)15-24)18-31-35(41)40-33(26-13-14-28(47-21(3)4)29(19-26)43-7)32(36(42)45-9-2)23(6)39-37(40)48-31/h10-19,21,33H,8-9,20H2,1-7H3/b31-18-/t33-/m0/s1. The highest BCUT2D eigenvalue weighted by Gasteiger charge is 2.34. The Morgan fingerprint density at radius 3 is 2.50 bits per heavy atom. The van der Waals surface area contributed by atoms with Crippen molar-refractivity contribution in [2.24, 2.45) is 4.99 Å². The highest BCUT2D eigenvalue weighted by molar-refractivity contribution is 9.10. The molecule has 0 radical (unpaired) electrons. The Morgan fingerprint density at radius 2 is 1.81 bits per heavy atom. The average Bonchev–Trinajstić information content (AvgIpc) is 3.33. The van der Waals surface area contributed by atoms with Crippen molar-refractivity contribution >= 4 is 39.3 Å². The van der Waals surface area contributed by atoms with Gasteiger partial charge in [-0.15, -0.1) is 0 Å². The van der Waals surface area contributed by atoms with E-state index >= 15 is 0 Å². The number of hydrogen-bond acceptors (Lipinski definition) is 9. The van der Waals surface area contributed by atoms with Crippen LogP contribution in [0.1, 0.15) is 62.9 Å². The lowest BCUT2D eigenvalue weighted by atomic mass is 9.95. The first-order chi connectivity index (χ1) is 23.0. The molecule has 0 saturated heterocycles. The van der Waals surface area contributed by atoms with E-state index in [0.29, 0.717) is 61.3 Å². The van der Waals surface area contributed by atoms with Crippen molar-refractivity contribution in [2.75, 3.05) is 20.3 Å². The molecule has 1 aliphatic rings. The van der Waals surface area contributed by atoms with Gasteiger partial charge in [0.1, 0.15) is 6.61 Å². The van der Waals surface area contributed by atoms with Crippen LogP contribution in [0.2, 0.25) is 0 Å². The number of carbonyl (C=O) groups excluding carboxylic acids is 1. The van der Waals surface area contributed by atoms with Crippen LogP contribution in [0.25, 0.3) is 6.08 Å². The third kappa shape index (κ3) is 7.52. The van der Waals surface area contributed by atoms with Crippen molar-refractivity contribution in [1.82, 2.24) is 4.57 Å². The Morgan fingerprint density at radius 1 is 1.02 bits per heavy atom. The van der Waals surface area contributed by atoms with E-state index in [1.54, 1.807) is 43.7 Å². The molecule has 0 unspecified atom stereocenters. The first-order valence-electron chi connectivity index (χ1n) is 15.7. The summed E-state index contributed by atoms with van der Waals surface area (Å²) in [7, 11) is 1.55. The molecule has 0 fully saturated rings. The lowest BCUT2D eigenvalue weighted by molar-refractivity contribution is -0.139. The zero-order valence-corrected chi connectivity index (χ0v) is 30.5. The Balaban J connectivity index is 1.61. The normalized spacial score (nSPS) is 14.4. The molecule has 1 aromatic heterocycles. The molecular weight excluding hydrogens is 696 g/mol. The number of ether oxygens (including phenoxy) is 5. The predicted octanol–water partition coefficient (Wildman–Crippen LogP) is 6.64. The minimum atomic E-state index is -0.799. The van der Waals surface area contributed by atoms with Gasteiger partial charge in [-0.2, -0.15) is 0 Å². The zero-order chi connectivity index (χ0) is 34.5. The molecule has 9 nitrogen and oxygen atoms in total. The summed E-state index contributed by atoms with van der Waals surface area (Å²) in [6.45, 7) is 12.3. The van der Waals surface area contributed by atoms with Gasteiger partial charge in [0.25, 0.3) is 5.56 Å². The molecule has 3 aromatic carbocycles. The molecular formula is C37H39BrN2O7S. The van der Waals surface area contributed by atoms with Crippen molar-refractivity contribution in [3.63, 3.8) is 0 Å². The lowest BCUT2D eigenvalue weighted by Gasteiger charge is -2.25. The highest BCUT2D eigenvalue weighted by Crippen LogP contribution is 2.39. The topological polar surface area (TPSA) is 97.6 Å². The molecule has 4 aromatic rings. The van der Waals surface area contributed by atoms with Crippen molar-refractivity contribution in [1.29, 1.82) is 0 Å². The number of hydrogen-bond donors (Lipinski definition) is 0. The number of carbonyl (C=O) groups is 1. The number of esters is 1. The summed E-state index contributed by atoms with van der Waals surface area (Å²) >= 11 is 4.91. The first-order valence-corrected chi connectivity index (χ1v) is 17.3. The summed E-state index contributed by atoms with van der Waals surface area (Å²) in [5.74, 6) is 1.63. The van der Waals surface area contributed by atoms with Crippen molar-refractivity contribution in [3.05, 3.63) is 112 Å². The fourth-order valence-corrected chi connectivity index (χ4v) is 7.12. The Bertz CT molecular complexity index is 2050. The SMILES string of the molecule is CCOC(=O)C1=C(C)N=c2s/c(=C\c3cc(Br)c(OCc4cccc(C)c4)c(OCC)c3)c(=O)n2[C@H]1c1ccc(OC(C)C)c(OC)c1.